The summed E-state index contributed by atoms with van der Waals surface area (Å²) in [7, 11) is -4.45. The van der Waals surface area contributed by atoms with E-state index in [9.17, 15) is 8.42 Å². The number of anilines is 1. The zero-order valence-electron chi connectivity index (χ0n) is 11.1. The minimum absolute atomic E-state index is 0.0664. The van der Waals surface area contributed by atoms with Crippen molar-refractivity contribution >= 4 is 16.1 Å². The summed E-state index contributed by atoms with van der Waals surface area (Å²) in [5, 5.41) is 17.3. The van der Waals surface area contributed by atoms with E-state index >= 15 is 0 Å². The normalized spacial score (nSPS) is 10.4. The molecule has 0 bridgehead atoms. The molecule has 2 rings (SSSR count). The van der Waals surface area contributed by atoms with Crippen molar-refractivity contribution in [2.75, 3.05) is 5.73 Å². The molecule has 0 aliphatic heterocycles. The third kappa shape index (κ3) is 6.50. The van der Waals surface area contributed by atoms with Crippen LogP contribution in [0.4, 0.5) is 5.69 Å². The molecule has 21 heavy (non-hydrogen) atoms. The largest absolute Gasteiger partial charge is 0.508 e. The number of benzene rings is 2. The molecule has 0 saturated heterocycles. The molecular weight excluding hydrogens is 298 g/mol. The van der Waals surface area contributed by atoms with Crippen molar-refractivity contribution in [2.24, 2.45) is 0 Å². The van der Waals surface area contributed by atoms with Crippen LogP contribution in [0.15, 0.2) is 42.5 Å². The van der Waals surface area contributed by atoms with E-state index in [0.717, 1.165) is 0 Å². The molecule has 0 spiro atoms. The molecular formula is C13H15NO6S. The Hall–Kier alpha value is -2.45. The summed E-state index contributed by atoms with van der Waals surface area (Å²) in [6.45, 7) is 1.62. The molecule has 0 amide bonds. The lowest BCUT2D eigenvalue weighted by molar-refractivity contribution is 0.385. The van der Waals surface area contributed by atoms with Crippen LogP contribution in [-0.4, -0.2) is 23.2 Å². The minimum atomic E-state index is -4.45. The molecule has 0 aromatic heterocycles. The third-order valence-corrected chi connectivity index (χ3v) is 2.63. The van der Waals surface area contributed by atoms with E-state index in [0.29, 0.717) is 11.3 Å². The summed E-state index contributed by atoms with van der Waals surface area (Å²) >= 11 is 0. The zero-order valence-corrected chi connectivity index (χ0v) is 11.9. The number of nitrogen functional groups attached to an aromatic ring is 1. The van der Waals surface area contributed by atoms with Gasteiger partial charge in [-0.3, -0.25) is 4.55 Å². The van der Waals surface area contributed by atoms with Crippen molar-refractivity contribution in [3.05, 3.63) is 48.0 Å². The van der Waals surface area contributed by atoms with Crippen LogP contribution in [0.25, 0.3) is 0 Å². The van der Waals surface area contributed by atoms with Gasteiger partial charge < -0.3 is 20.1 Å². The van der Waals surface area contributed by atoms with Gasteiger partial charge in [0.1, 0.15) is 17.2 Å². The summed E-state index contributed by atoms with van der Waals surface area (Å²) in [6.07, 6.45) is 0. The number of aryl methyl sites for hydroxylation is 1. The van der Waals surface area contributed by atoms with Crippen LogP contribution in [-0.2, 0) is 10.4 Å². The Morgan fingerprint density at radius 3 is 1.86 bits per heavy atom. The number of rotatable bonds is 2. The van der Waals surface area contributed by atoms with Gasteiger partial charge in [0.25, 0.3) is 0 Å². The van der Waals surface area contributed by atoms with E-state index in [1.165, 1.54) is 36.4 Å². The third-order valence-electron chi connectivity index (χ3n) is 2.24. The molecule has 0 aliphatic rings. The highest BCUT2D eigenvalue weighted by Gasteiger charge is 2.08. The Bertz CT molecular complexity index is 676. The Kier molecular flexibility index (Phi) is 5.39. The highest BCUT2D eigenvalue weighted by Crippen LogP contribution is 2.21. The van der Waals surface area contributed by atoms with Crippen LogP contribution in [0.1, 0.15) is 5.56 Å². The van der Waals surface area contributed by atoms with E-state index in [1.807, 2.05) is 0 Å². The standard InChI is InChI=1S/C7H9NO4S.C6H6O2/c1-5-4-6(8)2-3-7(5)12-13(9,10)11;7-5-1-2-6(8)4-3-5/h2-4H,8H2,1H3,(H,9,10,11);1-4,7-8H. The van der Waals surface area contributed by atoms with E-state index in [2.05, 4.69) is 4.18 Å². The second kappa shape index (κ2) is 6.82. The molecule has 0 saturated carbocycles. The van der Waals surface area contributed by atoms with Gasteiger partial charge in [0.15, 0.2) is 0 Å². The van der Waals surface area contributed by atoms with Crippen LogP contribution < -0.4 is 9.92 Å². The van der Waals surface area contributed by atoms with Gasteiger partial charge in [-0.05, 0) is 55.0 Å². The fraction of sp³-hybridized carbons (Fsp3) is 0.0769. The van der Waals surface area contributed by atoms with Crippen molar-refractivity contribution < 1.29 is 27.4 Å². The Morgan fingerprint density at radius 1 is 1.00 bits per heavy atom. The smallest absolute Gasteiger partial charge is 0.446 e. The van der Waals surface area contributed by atoms with Gasteiger partial charge in [-0.25, -0.2) is 0 Å². The first-order valence-electron chi connectivity index (χ1n) is 5.68. The van der Waals surface area contributed by atoms with Crippen molar-refractivity contribution in [1.29, 1.82) is 0 Å². The van der Waals surface area contributed by atoms with Crippen LogP contribution in [0.5, 0.6) is 17.2 Å². The topological polar surface area (TPSA) is 130 Å². The molecule has 0 radical (unpaired) electrons. The quantitative estimate of drug-likeness (QED) is 0.378. The van der Waals surface area contributed by atoms with Gasteiger partial charge in [-0.15, -0.1) is 0 Å². The summed E-state index contributed by atoms with van der Waals surface area (Å²) in [6, 6.07) is 10.1. The first-order chi connectivity index (χ1) is 9.67. The molecule has 0 atom stereocenters. The number of phenolic OH excluding ortho intramolecular Hbond substituents is 2. The monoisotopic (exact) mass is 313 g/mol. The zero-order chi connectivity index (χ0) is 16.0. The van der Waals surface area contributed by atoms with Crippen molar-refractivity contribution in [3.63, 3.8) is 0 Å². The summed E-state index contributed by atoms with van der Waals surface area (Å²) in [4.78, 5) is 0. The van der Waals surface area contributed by atoms with Crippen LogP contribution in [0, 0.1) is 6.92 Å². The van der Waals surface area contributed by atoms with Crippen LogP contribution in [0.3, 0.4) is 0 Å². The van der Waals surface area contributed by atoms with Crippen LogP contribution in [0.2, 0.25) is 0 Å². The molecule has 2 aromatic rings. The van der Waals surface area contributed by atoms with Gasteiger partial charge >= 0.3 is 10.4 Å². The van der Waals surface area contributed by atoms with Gasteiger partial charge in [-0.2, -0.15) is 8.42 Å². The molecule has 0 heterocycles. The van der Waals surface area contributed by atoms with Gasteiger partial charge in [0.2, 0.25) is 0 Å². The Balaban J connectivity index is 0.000000235. The first kappa shape index (κ1) is 16.6. The van der Waals surface area contributed by atoms with Gasteiger partial charge in [0, 0.05) is 5.69 Å². The van der Waals surface area contributed by atoms with Crippen molar-refractivity contribution in [2.45, 2.75) is 6.92 Å². The Morgan fingerprint density at radius 2 is 1.48 bits per heavy atom. The fourth-order valence-electron chi connectivity index (χ4n) is 1.33. The van der Waals surface area contributed by atoms with E-state index in [1.54, 1.807) is 13.0 Å². The number of aromatic hydroxyl groups is 2. The average molecular weight is 313 g/mol. The number of hydrogen-bond donors (Lipinski definition) is 4. The summed E-state index contributed by atoms with van der Waals surface area (Å²) < 4.78 is 33.3. The van der Waals surface area contributed by atoms with Crippen LogP contribution >= 0.6 is 0 Å². The number of phenols is 2. The molecule has 8 heteroatoms. The van der Waals surface area contributed by atoms with Gasteiger partial charge in [0.05, 0.1) is 0 Å². The van der Waals surface area contributed by atoms with Crippen molar-refractivity contribution in [3.8, 4) is 17.2 Å². The number of nitrogens with two attached hydrogens (primary N) is 1. The minimum Gasteiger partial charge on any atom is -0.508 e. The average Bonchev–Trinajstić information content (AvgIpc) is 2.36. The van der Waals surface area contributed by atoms with Gasteiger partial charge in [-0.1, -0.05) is 0 Å². The first-order valence-corrected chi connectivity index (χ1v) is 7.05. The molecule has 0 aliphatic carbocycles. The predicted molar refractivity (Wildman–Crippen MR) is 77.5 cm³/mol. The predicted octanol–water partition coefficient (Wildman–Crippen LogP) is 1.86. The molecule has 114 valence electrons. The lowest BCUT2D eigenvalue weighted by Crippen LogP contribution is -2.07. The highest BCUT2D eigenvalue weighted by molar-refractivity contribution is 7.81. The van der Waals surface area contributed by atoms with E-state index < -0.39 is 10.4 Å². The van der Waals surface area contributed by atoms with Crippen molar-refractivity contribution in [1.82, 2.24) is 0 Å². The molecule has 2 aromatic carbocycles. The second-order valence-electron chi connectivity index (χ2n) is 4.05. The molecule has 0 unspecified atom stereocenters. The molecule has 7 nitrogen and oxygen atoms in total. The number of hydrogen-bond acceptors (Lipinski definition) is 6. The Labute approximate surface area is 122 Å². The maximum absolute atomic E-state index is 10.3. The highest BCUT2D eigenvalue weighted by atomic mass is 32.3. The maximum atomic E-state index is 10.3. The summed E-state index contributed by atoms with van der Waals surface area (Å²) in [5.41, 5.74) is 6.46. The molecule has 0 fully saturated rings. The lowest BCUT2D eigenvalue weighted by atomic mass is 10.2. The second-order valence-corrected chi connectivity index (χ2v) is 5.07. The van der Waals surface area contributed by atoms with E-state index in [4.69, 9.17) is 20.5 Å². The SMILES string of the molecule is Cc1cc(N)ccc1OS(=O)(=O)O.Oc1ccc(O)cc1. The maximum Gasteiger partial charge on any atom is 0.446 e. The fourth-order valence-corrected chi connectivity index (χ4v) is 1.75. The molecule has 5 N–H and O–H groups in total. The summed E-state index contributed by atoms with van der Waals surface area (Å²) in [5.74, 6) is 0.405. The van der Waals surface area contributed by atoms with E-state index in [-0.39, 0.29) is 17.2 Å². The lowest BCUT2D eigenvalue weighted by Gasteiger charge is -2.04.